The van der Waals surface area contributed by atoms with Gasteiger partial charge in [0, 0.05) is 30.4 Å². The number of carbonyl (C=O) groups is 1. The van der Waals surface area contributed by atoms with Crippen LogP contribution in [0.2, 0.25) is 0 Å². The second-order valence-electron chi connectivity index (χ2n) is 6.20. The molecule has 1 amide bonds. The molecule has 2 heterocycles. The number of carbonyl (C=O) groups excluding carboxylic acids is 1. The zero-order chi connectivity index (χ0) is 13.2. The summed E-state index contributed by atoms with van der Waals surface area (Å²) >= 11 is 1.98. The Bertz CT molecular complexity index is 314. The summed E-state index contributed by atoms with van der Waals surface area (Å²) in [4.78, 5) is 11.1. The third-order valence-electron chi connectivity index (χ3n) is 3.77. The number of rotatable bonds is 4. The number of nitrogens with one attached hydrogen (secondary N) is 1. The van der Waals surface area contributed by atoms with E-state index in [1.807, 2.05) is 25.6 Å². The minimum Gasteiger partial charge on any atom is -0.374 e. The van der Waals surface area contributed by atoms with Gasteiger partial charge in [-0.25, -0.2) is 0 Å². The lowest BCUT2D eigenvalue weighted by Crippen LogP contribution is -2.54. The second-order valence-corrected chi connectivity index (χ2v) is 7.30. The van der Waals surface area contributed by atoms with Crippen LogP contribution >= 0.6 is 11.8 Å². The van der Waals surface area contributed by atoms with Crippen molar-refractivity contribution in [3.05, 3.63) is 0 Å². The highest BCUT2D eigenvalue weighted by Gasteiger charge is 2.41. The Balaban J connectivity index is 1.91. The third kappa shape index (κ3) is 3.62. The minimum absolute atomic E-state index is 0.0867. The molecule has 2 aliphatic heterocycles. The predicted molar refractivity (Wildman–Crippen MR) is 74.7 cm³/mol. The Labute approximate surface area is 113 Å². The van der Waals surface area contributed by atoms with Gasteiger partial charge >= 0.3 is 0 Å². The zero-order valence-corrected chi connectivity index (χ0v) is 12.1. The van der Waals surface area contributed by atoms with E-state index in [2.05, 4.69) is 5.32 Å². The van der Waals surface area contributed by atoms with E-state index in [0.29, 0.717) is 12.5 Å². The molecule has 2 saturated heterocycles. The number of hydrogen-bond acceptors (Lipinski definition) is 4. The van der Waals surface area contributed by atoms with Gasteiger partial charge in [0.1, 0.15) is 0 Å². The van der Waals surface area contributed by atoms with Gasteiger partial charge in [-0.3, -0.25) is 4.79 Å². The van der Waals surface area contributed by atoms with Gasteiger partial charge in [0.25, 0.3) is 0 Å². The quantitative estimate of drug-likeness (QED) is 0.809. The van der Waals surface area contributed by atoms with Crippen molar-refractivity contribution in [1.29, 1.82) is 0 Å². The molecule has 2 atom stereocenters. The van der Waals surface area contributed by atoms with Gasteiger partial charge in [-0.15, -0.1) is 0 Å². The molecule has 0 aromatic rings. The van der Waals surface area contributed by atoms with E-state index in [4.69, 9.17) is 10.5 Å². The molecule has 18 heavy (non-hydrogen) atoms. The summed E-state index contributed by atoms with van der Waals surface area (Å²) < 4.78 is 6.00. The molecule has 0 saturated carbocycles. The smallest absolute Gasteiger partial charge is 0.219 e. The summed E-state index contributed by atoms with van der Waals surface area (Å²) in [7, 11) is 0. The average molecular weight is 272 g/mol. The van der Waals surface area contributed by atoms with Crippen molar-refractivity contribution in [2.45, 2.75) is 56.7 Å². The lowest BCUT2D eigenvalue weighted by Gasteiger charge is -2.41. The molecule has 0 aliphatic carbocycles. The number of primary amides is 1. The van der Waals surface area contributed by atoms with Crippen LogP contribution < -0.4 is 11.1 Å². The monoisotopic (exact) mass is 272 g/mol. The standard InChI is InChI=1S/C13H24N2O2S/c1-12(2,8-11(14)16)15-10-3-5-17-13(7-10)4-6-18-9-13/h10,15H,3-9H2,1-2H3,(H2,14,16). The first-order valence-corrected chi connectivity index (χ1v) is 7.84. The maximum atomic E-state index is 11.1. The van der Waals surface area contributed by atoms with Crippen molar-refractivity contribution >= 4 is 17.7 Å². The number of nitrogens with two attached hydrogens (primary N) is 1. The van der Waals surface area contributed by atoms with E-state index in [9.17, 15) is 4.79 Å². The second kappa shape index (κ2) is 5.39. The Hall–Kier alpha value is -0.260. The fraction of sp³-hybridized carbons (Fsp3) is 0.923. The van der Waals surface area contributed by atoms with Crippen LogP contribution in [-0.4, -0.2) is 41.2 Å². The first-order valence-electron chi connectivity index (χ1n) is 6.69. The van der Waals surface area contributed by atoms with E-state index in [1.54, 1.807) is 0 Å². The molecule has 0 aromatic heterocycles. The number of hydrogen-bond donors (Lipinski definition) is 2. The molecule has 3 N–H and O–H groups in total. The molecule has 2 rings (SSSR count). The number of ether oxygens (including phenoxy) is 1. The molecule has 0 radical (unpaired) electrons. The highest BCUT2D eigenvalue weighted by molar-refractivity contribution is 7.99. The zero-order valence-electron chi connectivity index (χ0n) is 11.3. The van der Waals surface area contributed by atoms with Gasteiger partial charge in [0.05, 0.1) is 5.60 Å². The fourth-order valence-corrected chi connectivity index (χ4v) is 4.43. The SMILES string of the molecule is CC(C)(CC(N)=O)NC1CCOC2(CCSC2)C1. The van der Waals surface area contributed by atoms with E-state index in [0.717, 1.165) is 31.6 Å². The van der Waals surface area contributed by atoms with E-state index >= 15 is 0 Å². The normalized spacial score (nSPS) is 32.9. The molecule has 4 nitrogen and oxygen atoms in total. The molecule has 0 aromatic carbocycles. The lowest BCUT2D eigenvalue weighted by atomic mass is 9.87. The van der Waals surface area contributed by atoms with E-state index < -0.39 is 0 Å². The Morgan fingerprint density at radius 1 is 1.61 bits per heavy atom. The fourth-order valence-electron chi connectivity index (χ4n) is 3.05. The van der Waals surface area contributed by atoms with Crippen LogP contribution in [0.1, 0.15) is 39.5 Å². The lowest BCUT2D eigenvalue weighted by molar-refractivity contribution is -0.119. The summed E-state index contributed by atoms with van der Waals surface area (Å²) in [6, 6.07) is 0.437. The average Bonchev–Trinajstić information content (AvgIpc) is 2.63. The Morgan fingerprint density at radius 2 is 2.39 bits per heavy atom. The van der Waals surface area contributed by atoms with Crippen molar-refractivity contribution in [3.8, 4) is 0 Å². The molecule has 1 spiro atoms. The van der Waals surface area contributed by atoms with Crippen LogP contribution in [0.25, 0.3) is 0 Å². The van der Waals surface area contributed by atoms with Crippen molar-refractivity contribution in [2.75, 3.05) is 18.1 Å². The van der Waals surface area contributed by atoms with Gasteiger partial charge < -0.3 is 15.8 Å². The topological polar surface area (TPSA) is 64.4 Å². The highest BCUT2D eigenvalue weighted by Crippen LogP contribution is 2.38. The van der Waals surface area contributed by atoms with Gasteiger partial charge in [-0.2, -0.15) is 11.8 Å². The molecule has 5 heteroatoms. The molecular formula is C13H24N2O2S. The number of amides is 1. The minimum atomic E-state index is -0.245. The molecule has 104 valence electrons. The van der Waals surface area contributed by atoms with Crippen molar-refractivity contribution in [3.63, 3.8) is 0 Å². The van der Waals surface area contributed by atoms with Crippen molar-refractivity contribution in [1.82, 2.24) is 5.32 Å². The summed E-state index contributed by atoms with van der Waals surface area (Å²) in [6.07, 6.45) is 3.62. The maximum Gasteiger partial charge on any atom is 0.219 e. The summed E-state index contributed by atoms with van der Waals surface area (Å²) in [5.74, 6) is 2.07. The molecule has 2 aliphatic rings. The predicted octanol–water partition coefficient (Wildman–Crippen LogP) is 1.28. The third-order valence-corrected chi connectivity index (χ3v) is 4.99. The summed E-state index contributed by atoms with van der Waals surface area (Å²) in [6.45, 7) is 4.91. The van der Waals surface area contributed by atoms with Crippen LogP contribution in [0.4, 0.5) is 0 Å². The van der Waals surface area contributed by atoms with Crippen LogP contribution in [0.3, 0.4) is 0 Å². The largest absolute Gasteiger partial charge is 0.374 e. The van der Waals surface area contributed by atoms with Gasteiger partial charge in [0.15, 0.2) is 0 Å². The first kappa shape index (κ1) is 14.2. The number of thioether (sulfide) groups is 1. The Kier molecular flexibility index (Phi) is 4.24. The molecule has 0 bridgehead atoms. The highest BCUT2D eigenvalue weighted by atomic mass is 32.2. The van der Waals surface area contributed by atoms with Crippen molar-refractivity contribution < 1.29 is 9.53 Å². The Morgan fingerprint density at radius 3 is 3.00 bits per heavy atom. The summed E-state index contributed by atoms with van der Waals surface area (Å²) in [5.41, 5.74) is 5.16. The van der Waals surface area contributed by atoms with E-state index in [-0.39, 0.29) is 17.0 Å². The summed E-state index contributed by atoms with van der Waals surface area (Å²) in [5, 5.41) is 3.59. The van der Waals surface area contributed by atoms with E-state index in [1.165, 1.54) is 5.75 Å². The molecule has 2 fully saturated rings. The van der Waals surface area contributed by atoms with Crippen molar-refractivity contribution in [2.24, 2.45) is 5.73 Å². The van der Waals surface area contributed by atoms with Crippen LogP contribution in [0.15, 0.2) is 0 Å². The first-order chi connectivity index (χ1) is 8.41. The maximum absolute atomic E-state index is 11.1. The molecular weight excluding hydrogens is 248 g/mol. The van der Waals surface area contributed by atoms with Gasteiger partial charge in [0.2, 0.25) is 5.91 Å². The van der Waals surface area contributed by atoms with Crippen LogP contribution in [-0.2, 0) is 9.53 Å². The molecule has 2 unspecified atom stereocenters. The van der Waals surface area contributed by atoms with Gasteiger partial charge in [-0.1, -0.05) is 0 Å². The van der Waals surface area contributed by atoms with Crippen LogP contribution in [0.5, 0.6) is 0 Å². The van der Waals surface area contributed by atoms with Gasteiger partial charge in [-0.05, 0) is 38.9 Å². The van der Waals surface area contributed by atoms with Crippen LogP contribution in [0, 0.1) is 0 Å².